The second-order valence-corrected chi connectivity index (χ2v) is 8.22. The Kier molecular flexibility index (Phi) is 5.26. The van der Waals surface area contributed by atoms with Crippen molar-refractivity contribution in [3.05, 3.63) is 34.8 Å². The minimum absolute atomic E-state index is 0.0613. The van der Waals surface area contributed by atoms with E-state index in [4.69, 9.17) is 13.9 Å². The number of ether oxygens (including phenoxy) is 2. The summed E-state index contributed by atoms with van der Waals surface area (Å²) in [6, 6.07) is 0. The number of carbonyl (C=O) groups excluding carboxylic acids is 3. The second kappa shape index (κ2) is 7.22. The molecule has 6 heteroatoms. The maximum Gasteiger partial charge on any atom is 0.334 e. The Morgan fingerprint density at radius 3 is 2.54 bits per heavy atom. The second-order valence-electron chi connectivity index (χ2n) is 8.22. The van der Waals surface area contributed by atoms with E-state index in [0.717, 1.165) is 5.56 Å². The van der Waals surface area contributed by atoms with Crippen LogP contribution in [0.2, 0.25) is 0 Å². The Balaban J connectivity index is 2.12. The zero-order valence-electron chi connectivity index (χ0n) is 17.3. The molecule has 1 fully saturated rings. The number of furan rings is 1. The van der Waals surface area contributed by atoms with Crippen LogP contribution in [0.4, 0.5) is 0 Å². The lowest BCUT2D eigenvalue weighted by atomic mass is 9.53. The van der Waals surface area contributed by atoms with Gasteiger partial charge in [-0.2, -0.15) is 0 Å². The lowest BCUT2D eigenvalue weighted by Crippen LogP contribution is -2.55. The summed E-state index contributed by atoms with van der Waals surface area (Å²) in [5, 5.41) is 0. The fourth-order valence-electron chi connectivity index (χ4n) is 4.76. The smallest absolute Gasteiger partial charge is 0.334 e. The molecule has 0 aliphatic heterocycles. The predicted molar refractivity (Wildman–Crippen MR) is 102 cm³/mol. The van der Waals surface area contributed by atoms with Crippen molar-refractivity contribution in [2.75, 3.05) is 0 Å². The molecule has 6 nitrogen and oxygen atoms in total. The first-order chi connectivity index (χ1) is 13.1. The van der Waals surface area contributed by atoms with E-state index in [1.807, 2.05) is 20.8 Å². The van der Waals surface area contributed by atoms with Crippen LogP contribution in [-0.2, 0) is 19.1 Å². The third-order valence-electron chi connectivity index (χ3n) is 6.72. The molecule has 0 radical (unpaired) electrons. The van der Waals surface area contributed by atoms with Crippen LogP contribution in [-0.4, -0.2) is 23.8 Å². The summed E-state index contributed by atoms with van der Waals surface area (Å²) in [7, 11) is 0. The van der Waals surface area contributed by atoms with Crippen molar-refractivity contribution < 1.29 is 28.3 Å². The Hall–Kier alpha value is -2.37. The van der Waals surface area contributed by atoms with Crippen molar-refractivity contribution in [2.24, 2.45) is 17.3 Å². The van der Waals surface area contributed by atoms with Crippen molar-refractivity contribution in [2.45, 2.75) is 66.6 Å². The Bertz CT molecular complexity index is 847. The topological polar surface area (TPSA) is 82.8 Å². The predicted octanol–water partition coefficient (Wildman–Crippen LogP) is 4.32. The van der Waals surface area contributed by atoms with Gasteiger partial charge in [-0.15, -0.1) is 0 Å². The molecule has 0 bridgehead atoms. The lowest BCUT2D eigenvalue weighted by molar-refractivity contribution is -0.179. The molecule has 0 N–H and O–H groups in total. The van der Waals surface area contributed by atoms with Crippen LogP contribution in [0.3, 0.4) is 0 Å². The summed E-state index contributed by atoms with van der Waals surface area (Å²) in [6.45, 7) is 10.6. The van der Waals surface area contributed by atoms with E-state index in [0.29, 0.717) is 24.0 Å². The molecule has 0 amide bonds. The first-order valence-corrected chi connectivity index (χ1v) is 9.76. The van der Waals surface area contributed by atoms with Crippen molar-refractivity contribution in [3.8, 4) is 0 Å². The van der Waals surface area contributed by atoms with Crippen LogP contribution < -0.4 is 0 Å². The van der Waals surface area contributed by atoms with E-state index in [-0.39, 0.29) is 35.5 Å². The van der Waals surface area contributed by atoms with Crippen molar-refractivity contribution in [1.29, 1.82) is 0 Å². The van der Waals surface area contributed by atoms with Gasteiger partial charge in [0.2, 0.25) is 5.78 Å². The quantitative estimate of drug-likeness (QED) is 0.566. The van der Waals surface area contributed by atoms with Gasteiger partial charge in [-0.05, 0) is 39.2 Å². The molecule has 3 rings (SSSR count). The molecule has 1 aromatic heterocycles. The number of rotatable bonds is 3. The van der Waals surface area contributed by atoms with Gasteiger partial charge in [0.15, 0.2) is 5.76 Å². The molecule has 0 aromatic carbocycles. The van der Waals surface area contributed by atoms with Gasteiger partial charge >= 0.3 is 11.9 Å². The molecule has 152 valence electrons. The molecule has 1 aromatic rings. The maximum absolute atomic E-state index is 13.2. The van der Waals surface area contributed by atoms with Gasteiger partial charge in [-0.3, -0.25) is 9.59 Å². The van der Waals surface area contributed by atoms with E-state index in [1.165, 1.54) is 6.92 Å². The van der Waals surface area contributed by atoms with Gasteiger partial charge in [0.25, 0.3) is 0 Å². The largest absolute Gasteiger partial charge is 0.462 e. The molecule has 0 saturated heterocycles. The van der Waals surface area contributed by atoms with Crippen LogP contribution in [0.15, 0.2) is 22.3 Å². The number of Topliss-reactive ketones (excluding diaryl/α,β-unsaturated/α-hetero) is 1. The highest BCUT2D eigenvalue weighted by Gasteiger charge is 2.61. The summed E-state index contributed by atoms with van der Waals surface area (Å²) in [5.74, 6) is -1.08. The highest BCUT2D eigenvalue weighted by atomic mass is 16.6. The van der Waals surface area contributed by atoms with Gasteiger partial charge in [0, 0.05) is 35.3 Å². The fraction of sp³-hybridized carbons (Fsp3) is 0.591. The van der Waals surface area contributed by atoms with Crippen LogP contribution >= 0.6 is 0 Å². The third kappa shape index (κ3) is 2.99. The summed E-state index contributed by atoms with van der Waals surface area (Å²) in [4.78, 5) is 37.5. The van der Waals surface area contributed by atoms with E-state index < -0.39 is 17.5 Å². The number of allylic oxidation sites excluding steroid dienone is 1. The summed E-state index contributed by atoms with van der Waals surface area (Å²) < 4.78 is 17.1. The molecule has 1 saturated carbocycles. The number of carbonyl (C=O) groups is 3. The van der Waals surface area contributed by atoms with Crippen LogP contribution in [0.5, 0.6) is 0 Å². The maximum atomic E-state index is 13.2. The fourth-order valence-corrected chi connectivity index (χ4v) is 4.76. The summed E-state index contributed by atoms with van der Waals surface area (Å²) >= 11 is 0. The number of fused-ring (bicyclic) bond motifs is 2. The molecule has 5 atom stereocenters. The minimum Gasteiger partial charge on any atom is -0.462 e. The van der Waals surface area contributed by atoms with Crippen molar-refractivity contribution in [3.63, 3.8) is 0 Å². The zero-order valence-corrected chi connectivity index (χ0v) is 17.3. The Labute approximate surface area is 165 Å². The van der Waals surface area contributed by atoms with Gasteiger partial charge < -0.3 is 13.9 Å². The van der Waals surface area contributed by atoms with E-state index >= 15 is 0 Å². The van der Waals surface area contributed by atoms with E-state index in [9.17, 15) is 14.4 Å². The van der Waals surface area contributed by atoms with Crippen molar-refractivity contribution in [1.82, 2.24) is 0 Å². The Morgan fingerprint density at radius 1 is 1.25 bits per heavy atom. The average molecular weight is 388 g/mol. The third-order valence-corrected chi connectivity index (χ3v) is 6.72. The first kappa shape index (κ1) is 20.4. The molecule has 28 heavy (non-hydrogen) atoms. The number of aryl methyl sites for hydroxylation is 1. The highest BCUT2D eigenvalue weighted by molar-refractivity contribution is 5.99. The lowest BCUT2D eigenvalue weighted by Gasteiger charge is -2.53. The standard InChI is InChI=1S/C22H28O6/c1-7-11(2)21(25)28-20-17-12(3)10-26-19(17)18(24)15-8-9-16(27-14(5)23)13(4)22(15,20)6/h7,10,13,15-16,20H,8-9H2,1-6H3/b11-7-/t13-,15-,16+,20+,22+/m0/s1. The van der Waals surface area contributed by atoms with Gasteiger partial charge in [0.05, 0.1) is 6.26 Å². The molecule has 2 aliphatic rings. The molecular formula is C22H28O6. The zero-order chi connectivity index (χ0) is 20.8. The highest BCUT2D eigenvalue weighted by Crippen LogP contribution is 2.60. The monoisotopic (exact) mass is 388 g/mol. The number of esters is 2. The van der Waals surface area contributed by atoms with Gasteiger partial charge in [-0.1, -0.05) is 19.9 Å². The first-order valence-electron chi connectivity index (χ1n) is 9.76. The SMILES string of the molecule is C/C=C(/C)C(=O)O[C@@H]1c2c(C)coc2C(=O)[C@@H]2CC[C@@H](OC(C)=O)[C@H](C)[C@@]12C. The van der Waals surface area contributed by atoms with E-state index in [2.05, 4.69) is 0 Å². The number of hydrogen-bond donors (Lipinski definition) is 0. The van der Waals surface area contributed by atoms with E-state index in [1.54, 1.807) is 26.2 Å². The van der Waals surface area contributed by atoms with Crippen LogP contribution in [0, 0.1) is 24.2 Å². The normalized spacial score (nSPS) is 32.4. The van der Waals surface area contributed by atoms with Crippen LogP contribution in [0.1, 0.15) is 75.2 Å². The Morgan fingerprint density at radius 2 is 1.93 bits per heavy atom. The number of hydrogen-bond acceptors (Lipinski definition) is 6. The van der Waals surface area contributed by atoms with Gasteiger partial charge in [0.1, 0.15) is 12.2 Å². The van der Waals surface area contributed by atoms with Crippen molar-refractivity contribution >= 4 is 17.7 Å². The minimum atomic E-state index is -0.708. The summed E-state index contributed by atoms with van der Waals surface area (Å²) in [5.41, 5.74) is 1.21. The molecule has 0 unspecified atom stereocenters. The number of ketones is 1. The molecule has 0 spiro atoms. The van der Waals surface area contributed by atoms with Crippen LogP contribution in [0.25, 0.3) is 0 Å². The molecule has 2 aliphatic carbocycles. The van der Waals surface area contributed by atoms with Gasteiger partial charge in [-0.25, -0.2) is 4.79 Å². The molecule has 1 heterocycles. The average Bonchev–Trinajstić information content (AvgIpc) is 3.02. The molecular weight excluding hydrogens is 360 g/mol. The summed E-state index contributed by atoms with van der Waals surface area (Å²) in [6.07, 6.45) is 3.40.